The van der Waals surface area contributed by atoms with Crippen molar-refractivity contribution >= 4 is 22.8 Å². The van der Waals surface area contributed by atoms with Crippen molar-refractivity contribution < 1.29 is 9.90 Å². The Balaban J connectivity index is 1.78. The first kappa shape index (κ1) is 18.6. The summed E-state index contributed by atoms with van der Waals surface area (Å²) < 4.78 is 1.87. The van der Waals surface area contributed by atoms with Crippen LogP contribution in [-0.2, 0) is 13.0 Å². The van der Waals surface area contributed by atoms with Gasteiger partial charge in [0.1, 0.15) is 5.82 Å². The molecule has 2 aromatic heterocycles. The average Bonchev–Trinajstić information content (AvgIpc) is 3.08. The number of carboxylic acids is 1. The fraction of sp³-hybridized carbons (Fsp3) is 0.182. The molecule has 0 aliphatic heterocycles. The molecule has 0 amide bonds. The zero-order valence-corrected chi connectivity index (χ0v) is 16.3. The van der Waals surface area contributed by atoms with E-state index in [1.165, 1.54) is 0 Å². The van der Waals surface area contributed by atoms with Gasteiger partial charge in [-0.15, -0.1) is 0 Å². The number of benzene rings is 2. The van der Waals surface area contributed by atoms with Gasteiger partial charge in [-0.25, -0.2) is 4.79 Å². The molecule has 7 heteroatoms. The van der Waals surface area contributed by atoms with Crippen LogP contribution in [0.2, 0.25) is 0 Å². The lowest BCUT2D eigenvalue weighted by atomic mass is 10.1. The zero-order chi connectivity index (χ0) is 20.4. The van der Waals surface area contributed by atoms with Crippen molar-refractivity contribution in [1.29, 1.82) is 0 Å². The van der Waals surface area contributed by atoms with Crippen LogP contribution in [0.15, 0.2) is 54.6 Å². The molecule has 0 radical (unpaired) electrons. The van der Waals surface area contributed by atoms with Gasteiger partial charge >= 0.3 is 5.97 Å². The molecule has 4 rings (SSSR count). The van der Waals surface area contributed by atoms with Crippen LogP contribution in [0.4, 0.5) is 5.95 Å². The van der Waals surface area contributed by atoms with Crippen molar-refractivity contribution in [3.63, 3.8) is 0 Å². The lowest BCUT2D eigenvalue weighted by Gasteiger charge is -2.11. The van der Waals surface area contributed by atoms with E-state index in [9.17, 15) is 9.90 Å². The maximum absolute atomic E-state index is 11.6. The smallest absolute Gasteiger partial charge is 0.336 e. The summed E-state index contributed by atoms with van der Waals surface area (Å²) in [4.78, 5) is 25.3. The van der Waals surface area contributed by atoms with Crippen molar-refractivity contribution in [2.45, 2.75) is 26.8 Å². The van der Waals surface area contributed by atoms with E-state index in [0.717, 1.165) is 16.8 Å². The first-order valence-corrected chi connectivity index (χ1v) is 9.44. The lowest BCUT2D eigenvalue weighted by molar-refractivity contribution is 0.0699. The summed E-state index contributed by atoms with van der Waals surface area (Å²) in [6.45, 7) is 4.50. The Morgan fingerprint density at radius 1 is 1.07 bits per heavy atom. The number of nitrogens with one attached hydrogen (secondary N) is 1. The number of aromatic carboxylic acids is 1. The van der Waals surface area contributed by atoms with Crippen LogP contribution in [0.5, 0.6) is 0 Å². The summed E-state index contributed by atoms with van der Waals surface area (Å²) in [6, 6.07) is 17.1. The minimum atomic E-state index is -0.956. The van der Waals surface area contributed by atoms with Gasteiger partial charge in [-0.2, -0.15) is 15.0 Å². The van der Waals surface area contributed by atoms with Crippen molar-refractivity contribution in [3.05, 3.63) is 77.2 Å². The van der Waals surface area contributed by atoms with Gasteiger partial charge in [-0.1, -0.05) is 43.3 Å². The Labute approximate surface area is 168 Å². The van der Waals surface area contributed by atoms with Crippen LogP contribution in [0, 0.1) is 6.92 Å². The van der Waals surface area contributed by atoms with Crippen molar-refractivity contribution in [3.8, 4) is 5.95 Å². The highest BCUT2D eigenvalue weighted by molar-refractivity contribution is 6.03. The second-order valence-electron chi connectivity index (χ2n) is 6.73. The van der Waals surface area contributed by atoms with E-state index in [4.69, 9.17) is 0 Å². The predicted molar refractivity (Wildman–Crippen MR) is 112 cm³/mol. The molecule has 29 heavy (non-hydrogen) atoms. The summed E-state index contributed by atoms with van der Waals surface area (Å²) in [6.07, 6.45) is 0.661. The van der Waals surface area contributed by atoms with E-state index < -0.39 is 5.97 Å². The van der Waals surface area contributed by atoms with Gasteiger partial charge in [0.05, 0.1) is 11.1 Å². The molecule has 0 saturated heterocycles. The number of hydrogen-bond acceptors (Lipinski definition) is 5. The highest BCUT2D eigenvalue weighted by Crippen LogP contribution is 2.26. The monoisotopic (exact) mass is 387 g/mol. The minimum absolute atomic E-state index is 0.261. The van der Waals surface area contributed by atoms with Crippen LogP contribution in [0.1, 0.15) is 34.4 Å². The highest BCUT2D eigenvalue weighted by Gasteiger charge is 2.17. The van der Waals surface area contributed by atoms with Gasteiger partial charge in [0, 0.05) is 24.0 Å². The largest absolute Gasteiger partial charge is 0.478 e. The third kappa shape index (κ3) is 3.67. The molecule has 2 heterocycles. The van der Waals surface area contributed by atoms with Crippen LogP contribution in [0.25, 0.3) is 16.9 Å². The van der Waals surface area contributed by atoms with E-state index in [-0.39, 0.29) is 5.56 Å². The third-order valence-electron chi connectivity index (χ3n) is 4.74. The van der Waals surface area contributed by atoms with Gasteiger partial charge in [0.2, 0.25) is 11.9 Å². The Morgan fingerprint density at radius 2 is 1.86 bits per heavy atom. The molecular weight excluding hydrogens is 366 g/mol. The summed E-state index contributed by atoms with van der Waals surface area (Å²) in [7, 11) is 0. The van der Waals surface area contributed by atoms with Crippen LogP contribution in [-0.4, -0.2) is 30.6 Å². The first-order valence-electron chi connectivity index (χ1n) is 9.44. The van der Waals surface area contributed by atoms with Gasteiger partial charge in [-0.05, 0) is 30.7 Å². The standard InChI is InChI=1S/C22H21N5O2/c1-3-19-24-21(23-13-15-8-5-4-6-9-15)26-22(25-19)27-14(2)12-17-16(20(28)29)10-7-11-18(17)27/h4-12H,3,13H2,1-2H3,(H,28,29)(H,23,24,25,26). The first-order chi connectivity index (χ1) is 14.1. The fourth-order valence-electron chi connectivity index (χ4n) is 3.34. The van der Waals surface area contributed by atoms with E-state index in [0.29, 0.717) is 36.1 Å². The average molecular weight is 387 g/mol. The number of fused-ring (bicyclic) bond motifs is 1. The number of hydrogen-bond donors (Lipinski definition) is 2. The molecule has 0 fully saturated rings. The van der Waals surface area contributed by atoms with Gasteiger partial charge in [-0.3, -0.25) is 4.57 Å². The van der Waals surface area contributed by atoms with E-state index in [2.05, 4.69) is 20.3 Å². The Kier molecular flexibility index (Phi) is 4.95. The highest BCUT2D eigenvalue weighted by atomic mass is 16.4. The molecule has 146 valence electrons. The molecule has 4 aromatic rings. The number of rotatable bonds is 6. The maximum atomic E-state index is 11.6. The van der Waals surface area contributed by atoms with E-state index in [1.807, 2.05) is 60.9 Å². The quantitative estimate of drug-likeness (QED) is 0.519. The fourth-order valence-corrected chi connectivity index (χ4v) is 3.34. The van der Waals surface area contributed by atoms with Gasteiger partial charge in [0.15, 0.2) is 0 Å². The summed E-state index contributed by atoms with van der Waals surface area (Å²) in [5, 5.41) is 13.4. The van der Waals surface area contributed by atoms with Crippen molar-refractivity contribution in [2.24, 2.45) is 0 Å². The number of carbonyl (C=O) groups is 1. The number of anilines is 1. The van der Waals surface area contributed by atoms with E-state index >= 15 is 0 Å². The molecule has 2 aromatic carbocycles. The summed E-state index contributed by atoms with van der Waals surface area (Å²) in [5.41, 5.74) is 3.00. The SMILES string of the molecule is CCc1nc(NCc2ccccc2)nc(-n2c(C)cc3c(C(=O)O)cccc32)n1. The number of nitrogens with zero attached hydrogens (tertiary/aromatic N) is 4. The third-order valence-corrected chi connectivity index (χ3v) is 4.74. The Bertz CT molecular complexity index is 1180. The lowest BCUT2D eigenvalue weighted by Crippen LogP contribution is -2.12. The second-order valence-corrected chi connectivity index (χ2v) is 6.73. The Hall–Kier alpha value is -3.74. The molecule has 2 N–H and O–H groups in total. The summed E-state index contributed by atoms with van der Waals surface area (Å²) in [5.74, 6) is 0.679. The molecule has 7 nitrogen and oxygen atoms in total. The number of aryl methyl sites for hydroxylation is 2. The Morgan fingerprint density at radius 3 is 2.59 bits per heavy atom. The topological polar surface area (TPSA) is 92.9 Å². The van der Waals surface area contributed by atoms with Crippen molar-refractivity contribution in [1.82, 2.24) is 19.5 Å². The van der Waals surface area contributed by atoms with Gasteiger partial charge in [0.25, 0.3) is 0 Å². The molecule has 0 aliphatic carbocycles. The maximum Gasteiger partial charge on any atom is 0.336 e. The summed E-state index contributed by atoms with van der Waals surface area (Å²) >= 11 is 0. The van der Waals surface area contributed by atoms with Crippen LogP contribution >= 0.6 is 0 Å². The molecule has 0 bridgehead atoms. The zero-order valence-electron chi connectivity index (χ0n) is 16.3. The minimum Gasteiger partial charge on any atom is -0.478 e. The molecule has 0 unspecified atom stereocenters. The molecule has 0 saturated carbocycles. The van der Waals surface area contributed by atoms with Crippen molar-refractivity contribution in [2.75, 3.05) is 5.32 Å². The molecule has 0 atom stereocenters. The van der Waals surface area contributed by atoms with Crippen LogP contribution in [0.3, 0.4) is 0 Å². The molecule has 0 spiro atoms. The molecular formula is C22H21N5O2. The number of carboxylic acid groups (broad SMARTS) is 1. The normalized spacial score (nSPS) is 11.0. The van der Waals surface area contributed by atoms with Crippen LogP contribution < -0.4 is 5.32 Å². The second kappa shape index (κ2) is 7.71. The number of aromatic nitrogens is 4. The predicted octanol–water partition coefficient (Wildman–Crippen LogP) is 4.00. The van der Waals surface area contributed by atoms with E-state index in [1.54, 1.807) is 12.1 Å². The molecule has 0 aliphatic rings. The van der Waals surface area contributed by atoms with Gasteiger partial charge < -0.3 is 10.4 Å².